The minimum absolute atomic E-state index is 0.284. The van der Waals surface area contributed by atoms with E-state index in [1.54, 1.807) is 25.1 Å². The fourth-order valence-electron chi connectivity index (χ4n) is 1.42. The largest absolute Gasteiger partial charge is 0.233 e. The van der Waals surface area contributed by atoms with Gasteiger partial charge in [0.05, 0.1) is 5.69 Å². The van der Waals surface area contributed by atoms with Crippen molar-refractivity contribution < 1.29 is 4.39 Å². The molecule has 0 aliphatic rings. The quantitative estimate of drug-likeness (QED) is 0.731. The zero-order valence-corrected chi connectivity index (χ0v) is 8.61. The second kappa shape index (κ2) is 4.07. The third kappa shape index (κ3) is 2.04. The summed E-state index contributed by atoms with van der Waals surface area (Å²) in [5.41, 5.74) is 1.48. The predicted octanol–water partition coefficient (Wildman–Crippen LogP) is 2.46. The molecule has 1 aromatic heterocycles. The van der Waals surface area contributed by atoms with E-state index in [2.05, 4.69) is 9.97 Å². The average Bonchev–Trinajstić information content (AvgIpc) is 2.28. The van der Waals surface area contributed by atoms with Crippen molar-refractivity contribution in [2.45, 2.75) is 6.92 Å². The summed E-state index contributed by atoms with van der Waals surface area (Å²) in [6.45, 7) is 1.70. The van der Waals surface area contributed by atoms with Crippen molar-refractivity contribution in [2.75, 3.05) is 0 Å². The molecule has 0 saturated heterocycles. The number of rotatable bonds is 1. The third-order valence-electron chi connectivity index (χ3n) is 2.07. The molecular weight excluding hydrogens is 205 g/mol. The molecule has 0 bridgehead atoms. The molecule has 0 N–H and O–H groups in total. The predicted molar refractivity (Wildman–Crippen MR) is 56.9 cm³/mol. The maximum Gasteiger partial charge on any atom is 0.144 e. The monoisotopic (exact) mass is 213 g/mol. The van der Waals surface area contributed by atoms with Crippen LogP contribution in [0, 0.1) is 24.1 Å². The van der Waals surface area contributed by atoms with Gasteiger partial charge in [-0.05, 0) is 19.1 Å². The first-order valence-electron chi connectivity index (χ1n) is 4.71. The molecule has 0 spiro atoms. The van der Waals surface area contributed by atoms with Crippen molar-refractivity contribution in [3.05, 3.63) is 47.7 Å². The van der Waals surface area contributed by atoms with Gasteiger partial charge in [-0.25, -0.2) is 14.4 Å². The molecule has 2 aromatic rings. The van der Waals surface area contributed by atoms with E-state index in [0.29, 0.717) is 17.1 Å². The molecule has 78 valence electrons. The van der Waals surface area contributed by atoms with Gasteiger partial charge in [-0.3, -0.25) is 0 Å². The Morgan fingerprint density at radius 3 is 2.75 bits per heavy atom. The first-order valence-corrected chi connectivity index (χ1v) is 4.71. The maximum atomic E-state index is 13.0. The standard InChI is InChI=1S/C12H8FN3/c1-8-15-11(7-14)6-12(16-8)9-3-2-4-10(13)5-9/h2-6H,1H3. The van der Waals surface area contributed by atoms with Gasteiger partial charge < -0.3 is 0 Å². The number of halogens is 1. The zero-order valence-electron chi connectivity index (χ0n) is 8.61. The molecule has 3 nitrogen and oxygen atoms in total. The SMILES string of the molecule is Cc1nc(C#N)cc(-c2cccc(F)c2)n1. The first-order chi connectivity index (χ1) is 7.69. The van der Waals surface area contributed by atoms with Crippen LogP contribution in [0.1, 0.15) is 11.5 Å². The second-order valence-corrected chi connectivity index (χ2v) is 3.31. The van der Waals surface area contributed by atoms with Crippen LogP contribution in [0.2, 0.25) is 0 Å². The molecule has 0 unspecified atom stereocenters. The van der Waals surface area contributed by atoms with Gasteiger partial charge in [0.25, 0.3) is 0 Å². The van der Waals surface area contributed by atoms with Crippen molar-refractivity contribution in [1.29, 1.82) is 5.26 Å². The van der Waals surface area contributed by atoms with E-state index in [9.17, 15) is 4.39 Å². The summed E-state index contributed by atoms with van der Waals surface area (Å²) >= 11 is 0. The van der Waals surface area contributed by atoms with E-state index in [4.69, 9.17) is 5.26 Å². The van der Waals surface area contributed by atoms with E-state index in [1.807, 2.05) is 6.07 Å². The van der Waals surface area contributed by atoms with Gasteiger partial charge in [0.15, 0.2) is 0 Å². The molecule has 0 aliphatic carbocycles. The Balaban J connectivity index is 2.56. The van der Waals surface area contributed by atoms with Crippen LogP contribution in [0.15, 0.2) is 30.3 Å². The number of nitrogens with zero attached hydrogens (tertiary/aromatic N) is 3. The minimum atomic E-state index is -0.327. The van der Waals surface area contributed by atoms with Crippen LogP contribution >= 0.6 is 0 Å². The Morgan fingerprint density at radius 1 is 1.25 bits per heavy atom. The van der Waals surface area contributed by atoms with Crippen LogP contribution < -0.4 is 0 Å². The molecular formula is C12H8FN3. The average molecular weight is 213 g/mol. The Labute approximate surface area is 92.2 Å². The molecule has 0 radical (unpaired) electrons. The van der Waals surface area contributed by atoms with Gasteiger partial charge in [-0.1, -0.05) is 12.1 Å². The minimum Gasteiger partial charge on any atom is -0.233 e. The number of benzene rings is 1. The lowest BCUT2D eigenvalue weighted by Gasteiger charge is -2.02. The van der Waals surface area contributed by atoms with Crippen LogP contribution in [0.4, 0.5) is 4.39 Å². The van der Waals surface area contributed by atoms with Crippen molar-refractivity contribution in [3.63, 3.8) is 0 Å². The van der Waals surface area contributed by atoms with Crippen LogP contribution in [0.5, 0.6) is 0 Å². The summed E-state index contributed by atoms with van der Waals surface area (Å²) in [5.74, 6) is 0.172. The van der Waals surface area contributed by atoms with Gasteiger partial charge in [-0.2, -0.15) is 5.26 Å². The highest BCUT2D eigenvalue weighted by Gasteiger charge is 2.04. The highest BCUT2D eigenvalue weighted by Crippen LogP contribution is 2.18. The summed E-state index contributed by atoms with van der Waals surface area (Å²) in [6.07, 6.45) is 0. The topological polar surface area (TPSA) is 49.6 Å². The first kappa shape index (κ1) is 10.2. The van der Waals surface area contributed by atoms with Crippen LogP contribution in [-0.4, -0.2) is 9.97 Å². The molecule has 1 heterocycles. The highest BCUT2D eigenvalue weighted by molar-refractivity contribution is 5.60. The van der Waals surface area contributed by atoms with E-state index in [0.717, 1.165) is 0 Å². The third-order valence-corrected chi connectivity index (χ3v) is 2.07. The van der Waals surface area contributed by atoms with Gasteiger partial charge in [-0.15, -0.1) is 0 Å². The van der Waals surface area contributed by atoms with Crippen LogP contribution in [0.3, 0.4) is 0 Å². The normalized spacial score (nSPS) is 9.81. The molecule has 0 fully saturated rings. The smallest absolute Gasteiger partial charge is 0.144 e. The Kier molecular flexibility index (Phi) is 2.61. The van der Waals surface area contributed by atoms with Crippen molar-refractivity contribution in [3.8, 4) is 17.3 Å². The summed E-state index contributed by atoms with van der Waals surface area (Å²) < 4.78 is 13.0. The Hall–Kier alpha value is -2.28. The van der Waals surface area contributed by atoms with E-state index in [1.165, 1.54) is 12.1 Å². The highest BCUT2D eigenvalue weighted by atomic mass is 19.1. The lowest BCUT2D eigenvalue weighted by Crippen LogP contribution is -1.94. The van der Waals surface area contributed by atoms with Crippen molar-refractivity contribution in [1.82, 2.24) is 9.97 Å². The molecule has 0 atom stereocenters. The molecule has 0 amide bonds. The summed E-state index contributed by atoms with van der Waals surface area (Å²) in [7, 11) is 0. The Morgan fingerprint density at radius 2 is 2.06 bits per heavy atom. The number of nitriles is 1. The van der Waals surface area contributed by atoms with E-state index < -0.39 is 0 Å². The molecule has 2 rings (SSSR count). The van der Waals surface area contributed by atoms with Gasteiger partial charge in [0, 0.05) is 11.6 Å². The van der Waals surface area contributed by atoms with Crippen LogP contribution in [0.25, 0.3) is 11.3 Å². The van der Waals surface area contributed by atoms with Crippen LogP contribution in [-0.2, 0) is 0 Å². The maximum absolute atomic E-state index is 13.0. The molecule has 0 aliphatic heterocycles. The van der Waals surface area contributed by atoms with Gasteiger partial charge in [0.2, 0.25) is 0 Å². The number of hydrogen-bond acceptors (Lipinski definition) is 3. The van der Waals surface area contributed by atoms with E-state index in [-0.39, 0.29) is 11.5 Å². The zero-order chi connectivity index (χ0) is 11.5. The second-order valence-electron chi connectivity index (χ2n) is 3.31. The number of aryl methyl sites for hydroxylation is 1. The molecule has 0 saturated carbocycles. The van der Waals surface area contributed by atoms with Crippen molar-refractivity contribution in [2.24, 2.45) is 0 Å². The van der Waals surface area contributed by atoms with Gasteiger partial charge >= 0.3 is 0 Å². The van der Waals surface area contributed by atoms with Gasteiger partial charge in [0.1, 0.15) is 23.4 Å². The molecule has 4 heteroatoms. The number of hydrogen-bond donors (Lipinski definition) is 0. The summed E-state index contributed by atoms with van der Waals surface area (Å²) in [6, 6.07) is 9.58. The van der Waals surface area contributed by atoms with Crippen molar-refractivity contribution >= 4 is 0 Å². The molecule has 1 aromatic carbocycles. The lowest BCUT2D eigenvalue weighted by atomic mass is 10.1. The lowest BCUT2D eigenvalue weighted by molar-refractivity contribution is 0.628. The summed E-state index contributed by atoms with van der Waals surface area (Å²) in [5, 5.41) is 8.77. The number of aromatic nitrogens is 2. The fourth-order valence-corrected chi connectivity index (χ4v) is 1.42. The van der Waals surface area contributed by atoms with E-state index >= 15 is 0 Å². The Bertz CT molecular complexity index is 573. The fraction of sp³-hybridized carbons (Fsp3) is 0.0833. The molecule has 16 heavy (non-hydrogen) atoms. The summed E-state index contributed by atoms with van der Waals surface area (Å²) in [4.78, 5) is 8.10.